The van der Waals surface area contributed by atoms with Gasteiger partial charge in [0.1, 0.15) is 11.7 Å². The number of fused-ring (bicyclic) bond motifs is 1. The number of rotatable bonds is 4. The van der Waals surface area contributed by atoms with Crippen molar-refractivity contribution in [1.82, 2.24) is 14.9 Å². The van der Waals surface area contributed by atoms with E-state index in [1.807, 2.05) is 0 Å². The number of carbonyl (C=O) groups excluding carboxylic acids is 2. The molecule has 4 rings (SSSR count). The van der Waals surface area contributed by atoms with Crippen LogP contribution in [0.1, 0.15) is 32.0 Å². The minimum Gasteiger partial charge on any atom is -0.490 e. The molecular weight excluding hydrogens is 396 g/mol. The van der Waals surface area contributed by atoms with Crippen molar-refractivity contribution in [1.29, 1.82) is 0 Å². The zero-order chi connectivity index (χ0) is 20.4. The quantitative estimate of drug-likeness (QED) is 0.765. The van der Waals surface area contributed by atoms with Crippen molar-refractivity contribution in [3.63, 3.8) is 0 Å². The highest BCUT2D eigenvalue weighted by molar-refractivity contribution is 7.03. The highest BCUT2D eigenvalue weighted by Crippen LogP contribution is 2.38. The second-order valence-corrected chi connectivity index (χ2v) is 7.06. The van der Waals surface area contributed by atoms with E-state index in [1.54, 1.807) is 37.4 Å². The van der Waals surface area contributed by atoms with Crippen molar-refractivity contribution in [3.05, 3.63) is 40.5 Å². The first-order chi connectivity index (χ1) is 14.1. The third-order valence-corrected chi connectivity index (χ3v) is 5.16. The number of ether oxygens (including phenoxy) is 3. The van der Waals surface area contributed by atoms with E-state index in [9.17, 15) is 9.59 Å². The number of hydrogen-bond acceptors (Lipinski definition) is 8. The lowest BCUT2D eigenvalue weighted by Gasteiger charge is -2.34. The van der Waals surface area contributed by atoms with Gasteiger partial charge in [0.25, 0.3) is 0 Å². The number of aromatic nitrogens is 2. The minimum atomic E-state index is -0.725. The molecule has 3 heterocycles. The molecule has 0 saturated heterocycles. The monoisotopic (exact) mass is 416 g/mol. The number of anilines is 1. The average Bonchev–Trinajstić information content (AvgIpc) is 3.13. The van der Waals surface area contributed by atoms with Crippen molar-refractivity contribution >= 4 is 29.2 Å². The predicted octanol–water partition coefficient (Wildman–Crippen LogP) is 2.81. The molecular formula is C19H20N4O5S. The van der Waals surface area contributed by atoms with Gasteiger partial charge in [-0.2, -0.15) is 0 Å². The Kier molecular flexibility index (Phi) is 5.34. The predicted molar refractivity (Wildman–Crippen MR) is 105 cm³/mol. The Morgan fingerprint density at radius 3 is 2.86 bits per heavy atom. The SMILES string of the molecule is CCOC(=O)C1=C(C)N(c2ccc3c(c2)OCCCO3)C(=O)N[C@H]1c1csnn1. The number of allylic oxidation sites excluding steroid dienone is 1. The van der Waals surface area contributed by atoms with Gasteiger partial charge in [-0.05, 0) is 37.5 Å². The smallest absolute Gasteiger partial charge is 0.338 e. The topological polar surface area (TPSA) is 103 Å². The number of benzene rings is 1. The summed E-state index contributed by atoms with van der Waals surface area (Å²) in [5.41, 5.74) is 1.82. The van der Waals surface area contributed by atoms with E-state index in [1.165, 1.54) is 4.90 Å². The lowest BCUT2D eigenvalue weighted by molar-refractivity contribution is -0.139. The summed E-state index contributed by atoms with van der Waals surface area (Å²) >= 11 is 1.15. The molecule has 2 aromatic rings. The maximum absolute atomic E-state index is 13.0. The molecule has 1 aromatic carbocycles. The van der Waals surface area contributed by atoms with Crippen LogP contribution in [0.15, 0.2) is 34.8 Å². The van der Waals surface area contributed by atoms with E-state index < -0.39 is 12.0 Å². The van der Waals surface area contributed by atoms with E-state index in [4.69, 9.17) is 14.2 Å². The van der Waals surface area contributed by atoms with Crippen LogP contribution in [-0.4, -0.2) is 41.4 Å². The van der Waals surface area contributed by atoms with Gasteiger partial charge in [-0.3, -0.25) is 4.90 Å². The number of hydrogen-bond donors (Lipinski definition) is 1. The second kappa shape index (κ2) is 8.08. The Hall–Kier alpha value is -3.14. The van der Waals surface area contributed by atoms with Gasteiger partial charge < -0.3 is 19.5 Å². The molecule has 0 spiro atoms. The van der Waals surface area contributed by atoms with Gasteiger partial charge in [-0.25, -0.2) is 9.59 Å². The summed E-state index contributed by atoms with van der Waals surface area (Å²) in [6, 6.07) is 4.14. The van der Waals surface area contributed by atoms with Crippen LogP contribution in [0, 0.1) is 0 Å². The number of amides is 2. The van der Waals surface area contributed by atoms with Crippen LogP contribution in [0.2, 0.25) is 0 Å². The van der Waals surface area contributed by atoms with Crippen LogP contribution in [-0.2, 0) is 9.53 Å². The maximum Gasteiger partial charge on any atom is 0.338 e. The zero-order valence-corrected chi connectivity index (χ0v) is 16.8. The fraction of sp³-hybridized carbons (Fsp3) is 0.368. The summed E-state index contributed by atoms with van der Waals surface area (Å²) in [6.45, 7) is 4.77. The van der Waals surface area contributed by atoms with Crippen molar-refractivity contribution in [2.45, 2.75) is 26.3 Å². The molecule has 0 fully saturated rings. The average molecular weight is 416 g/mol. The van der Waals surface area contributed by atoms with Crippen LogP contribution in [0.25, 0.3) is 0 Å². The van der Waals surface area contributed by atoms with Gasteiger partial charge in [0.05, 0.1) is 31.1 Å². The van der Waals surface area contributed by atoms with Gasteiger partial charge >= 0.3 is 12.0 Å². The fourth-order valence-corrected chi connectivity index (χ4v) is 3.82. The Labute approximate surface area is 171 Å². The van der Waals surface area contributed by atoms with Crippen LogP contribution in [0.3, 0.4) is 0 Å². The number of esters is 1. The van der Waals surface area contributed by atoms with E-state index in [2.05, 4.69) is 14.9 Å². The van der Waals surface area contributed by atoms with Crippen molar-refractivity contribution < 1.29 is 23.8 Å². The molecule has 0 unspecified atom stereocenters. The molecule has 1 aromatic heterocycles. The summed E-state index contributed by atoms with van der Waals surface area (Å²) in [6.07, 6.45) is 0.781. The largest absolute Gasteiger partial charge is 0.490 e. The van der Waals surface area contributed by atoms with E-state index >= 15 is 0 Å². The molecule has 2 amide bonds. The van der Waals surface area contributed by atoms with Gasteiger partial charge in [0.2, 0.25) is 0 Å². The van der Waals surface area contributed by atoms with Gasteiger partial charge in [0, 0.05) is 23.6 Å². The lowest BCUT2D eigenvalue weighted by Crippen LogP contribution is -2.48. The van der Waals surface area contributed by atoms with Gasteiger partial charge in [0.15, 0.2) is 11.5 Å². The molecule has 0 saturated carbocycles. The van der Waals surface area contributed by atoms with Crippen LogP contribution < -0.4 is 19.7 Å². The number of urea groups is 1. The number of nitrogens with one attached hydrogen (secondary N) is 1. The first kappa shape index (κ1) is 19.2. The van der Waals surface area contributed by atoms with E-state index in [0.29, 0.717) is 47.4 Å². The Morgan fingerprint density at radius 1 is 1.34 bits per heavy atom. The van der Waals surface area contributed by atoms with Crippen molar-refractivity contribution in [2.75, 3.05) is 24.7 Å². The third kappa shape index (κ3) is 3.63. The van der Waals surface area contributed by atoms with Crippen LogP contribution in [0.4, 0.5) is 10.5 Å². The Morgan fingerprint density at radius 2 is 2.14 bits per heavy atom. The fourth-order valence-electron chi connectivity index (χ4n) is 3.34. The summed E-state index contributed by atoms with van der Waals surface area (Å²) in [5, 5.41) is 8.56. The zero-order valence-electron chi connectivity index (χ0n) is 16.0. The van der Waals surface area contributed by atoms with E-state index in [-0.39, 0.29) is 12.6 Å². The minimum absolute atomic E-state index is 0.218. The summed E-state index contributed by atoms with van der Waals surface area (Å²) in [5.74, 6) is 0.675. The molecule has 152 valence electrons. The molecule has 2 aliphatic rings. The van der Waals surface area contributed by atoms with Crippen LogP contribution >= 0.6 is 11.5 Å². The normalized spacial score (nSPS) is 18.9. The lowest BCUT2D eigenvalue weighted by atomic mass is 9.99. The summed E-state index contributed by atoms with van der Waals surface area (Å²) in [7, 11) is 0. The molecule has 0 radical (unpaired) electrons. The molecule has 29 heavy (non-hydrogen) atoms. The molecule has 10 heteroatoms. The standard InChI is InChI=1S/C19H20N4O5S/c1-3-26-18(24)16-11(2)23(19(25)20-17(16)13-10-29-22-21-13)12-5-6-14-15(9-12)28-8-4-7-27-14/h5-6,9-10,17H,3-4,7-8H2,1-2H3,(H,20,25)/t17-/m0/s1. The molecule has 2 aliphatic heterocycles. The maximum atomic E-state index is 13.0. The summed E-state index contributed by atoms with van der Waals surface area (Å²) < 4.78 is 20.5. The third-order valence-electron chi connectivity index (χ3n) is 4.64. The molecule has 1 N–H and O–H groups in total. The highest BCUT2D eigenvalue weighted by atomic mass is 32.1. The first-order valence-corrected chi connectivity index (χ1v) is 10.1. The van der Waals surface area contributed by atoms with Crippen molar-refractivity contribution in [2.24, 2.45) is 0 Å². The van der Waals surface area contributed by atoms with E-state index in [0.717, 1.165) is 18.0 Å². The number of carbonyl (C=O) groups is 2. The Balaban J connectivity index is 1.78. The number of nitrogens with zero attached hydrogens (tertiary/aromatic N) is 3. The molecule has 1 atom stereocenters. The summed E-state index contributed by atoms with van der Waals surface area (Å²) in [4.78, 5) is 27.1. The molecule has 9 nitrogen and oxygen atoms in total. The van der Waals surface area contributed by atoms with Gasteiger partial charge in [-0.15, -0.1) is 5.10 Å². The first-order valence-electron chi connectivity index (χ1n) is 9.25. The highest BCUT2D eigenvalue weighted by Gasteiger charge is 2.38. The Bertz CT molecular complexity index is 960. The van der Waals surface area contributed by atoms with Gasteiger partial charge in [-0.1, -0.05) is 4.49 Å². The van der Waals surface area contributed by atoms with Crippen LogP contribution in [0.5, 0.6) is 11.5 Å². The second-order valence-electron chi connectivity index (χ2n) is 6.45. The van der Waals surface area contributed by atoms with Crippen molar-refractivity contribution in [3.8, 4) is 11.5 Å². The molecule has 0 bridgehead atoms. The molecule has 0 aliphatic carbocycles.